The van der Waals surface area contributed by atoms with Crippen LogP contribution >= 0.6 is 15.9 Å². The van der Waals surface area contributed by atoms with Crippen molar-refractivity contribution in [3.63, 3.8) is 0 Å². The summed E-state index contributed by atoms with van der Waals surface area (Å²) in [6, 6.07) is 13.9. The summed E-state index contributed by atoms with van der Waals surface area (Å²) in [4.78, 5) is 9.09. The highest BCUT2D eigenvalue weighted by atomic mass is 79.9. The quantitative estimate of drug-likeness (QED) is 0.723. The first-order chi connectivity index (χ1) is 9.70. The van der Waals surface area contributed by atoms with E-state index in [1.807, 2.05) is 47.9 Å². The van der Waals surface area contributed by atoms with E-state index < -0.39 is 0 Å². The molecule has 0 saturated carbocycles. The lowest BCUT2D eigenvalue weighted by Crippen LogP contribution is -2.03. The highest BCUT2D eigenvalue weighted by Crippen LogP contribution is 2.23. The van der Waals surface area contributed by atoms with Crippen LogP contribution in [0.15, 0.2) is 40.9 Å². The van der Waals surface area contributed by atoms with Gasteiger partial charge in [-0.1, -0.05) is 12.1 Å². The Morgan fingerprint density at radius 1 is 1.20 bits per heavy atom. The molecule has 4 nitrogen and oxygen atoms in total. The maximum atomic E-state index is 8.98. The Hall–Kier alpha value is -2.19. The van der Waals surface area contributed by atoms with Crippen molar-refractivity contribution in [3.05, 3.63) is 52.4 Å². The Kier molecular flexibility index (Phi) is 3.25. The number of pyridine rings is 1. The number of aryl methyl sites for hydroxylation is 1. The van der Waals surface area contributed by atoms with Crippen LogP contribution in [-0.2, 0) is 6.42 Å². The first kappa shape index (κ1) is 12.8. The van der Waals surface area contributed by atoms with Crippen LogP contribution in [0.3, 0.4) is 0 Å². The minimum absolute atomic E-state index is 0.255. The maximum Gasteiger partial charge on any atom is 0.138 e. The molecular weight excluding hydrogens is 316 g/mol. The Labute approximate surface area is 124 Å². The van der Waals surface area contributed by atoms with Crippen LogP contribution in [0.5, 0.6) is 0 Å². The molecule has 1 aromatic carbocycles. The number of fused-ring (bicyclic) bond motifs is 1. The zero-order valence-corrected chi connectivity index (χ0v) is 12.4. The molecule has 3 aromatic rings. The van der Waals surface area contributed by atoms with Gasteiger partial charge in [0.05, 0.1) is 29.2 Å². The number of imidazole rings is 1. The second kappa shape index (κ2) is 5.06. The molecule has 98 valence electrons. The van der Waals surface area contributed by atoms with Crippen molar-refractivity contribution < 1.29 is 0 Å². The lowest BCUT2D eigenvalue weighted by Gasteiger charge is -2.08. The van der Waals surface area contributed by atoms with E-state index in [0.29, 0.717) is 5.82 Å². The summed E-state index contributed by atoms with van der Waals surface area (Å²) in [6.45, 7) is 1.94. The molecule has 2 aromatic heterocycles. The number of nitriles is 1. The van der Waals surface area contributed by atoms with Crippen LogP contribution in [0.1, 0.15) is 11.5 Å². The van der Waals surface area contributed by atoms with Crippen LogP contribution in [0.2, 0.25) is 0 Å². The second-order valence-corrected chi connectivity index (χ2v) is 5.28. The average Bonchev–Trinajstić information content (AvgIpc) is 2.80. The summed E-state index contributed by atoms with van der Waals surface area (Å²) in [5.74, 6) is 1.49. The van der Waals surface area contributed by atoms with Crippen LogP contribution < -0.4 is 0 Å². The molecule has 0 aliphatic carbocycles. The van der Waals surface area contributed by atoms with E-state index in [-0.39, 0.29) is 6.42 Å². The lowest BCUT2D eigenvalue weighted by atomic mass is 10.3. The van der Waals surface area contributed by atoms with E-state index in [0.717, 1.165) is 27.0 Å². The fourth-order valence-corrected chi connectivity index (χ4v) is 2.40. The maximum absolute atomic E-state index is 8.98. The van der Waals surface area contributed by atoms with Gasteiger partial charge in [0.2, 0.25) is 0 Å². The fourth-order valence-electron chi connectivity index (χ4n) is 2.18. The first-order valence-corrected chi connectivity index (χ1v) is 6.97. The molecule has 0 unspecified atom stereocenters. The summed E-state index contributed by atoms with van der Waals surface area (Å²) >= 11 is 3.45. The predicted molar refractivity (Wildman–Crippen MR) is 80.6 cm³/mol. The van der Waals surface area contributed by atoms with Crippen molar-refractivity contribution in [2.45, 2.75) is 13.3 Å². The van der Waals surface area contributed by atoms with Gasteiger partial charge in [-0.2, -0.15) is 5.26 Å². The third-order valence-corrected chi connectivity index (χ3v) is 3.94. The molecule has 0 aliphatic heterocycles. The van der Waals surface area contributed by atoms with E-state index in [1.165, 1.54) is 0 Å². The second-order valence-electron chi connectivity index (χ2n) is 4.42. The molecule has 3 rings (SSSR count). The average molecular weight is 327 g/mol. The van der Waals surface area contributed by atoms with Crippen molar-refractivity contribution in [1.82, 2.24) is 14.5 Å². The molecule has 0 spiro atoms. The topological polar surface area (TPSA) is 54.5 Å². The number of hydrogen-bond acceptors (Lipinski definition) is 3. The van der Waals surface area contributed by atoms with E-state index in [4.69, 9.17) is 5.26 Å². The minimum atomic E-state index is 0.255. The Balaban J connectivity index is 2.30. The third kappa shape index (κ3) is 2.08. The molecule has 2 heterocycles. The number of para-hydroxylation sites is 2. The van der Waals surface area contributed by atoms with Crippen LogP contribution in [-0.4, -0.2) is 14.5 Å². The zero-order valence-electron chi connectivity index (χ0n) is 10.8. The lowest BCUT2D eigenvalue weighted by molar-refractivity contribution is 0.912. The number of aromatic nitrogens is 3. The van der Waals surface area contributed by atoms with E-state index in [2.05, 4.69) is 32.0 Å². The summed E-state index contributed by atoms with van der Waals surface area (Å²) in [6.07, 6.45) is 0.255. The van der Waals surface area contributed by atoms with Crippen molar-refractivity contribution >= 4 is 27.0 Å². The minimum Gasteiger partial charge on any atom is -0.279 e. The summed E-state index contributed by atoms with van der Waals surface area (Å²) in [7, 11) is 0. The summed E-state index contributed by atoms with van der Waals surface area (Å²) in [5, 5.41) is 8.98. The van der Waals surface area contributed by atoms with Gasteiger partial charge in [-0.15, -0.1) is 0 Å². The Bertz CT molecular complexity index is 829. The molecule has 0 fully saturated rings. The molecule has 20 heavy (non-hydrogen) atoms. The highest BCUT2D eigenvalue weighted by molar-refractivity contribution is 9.10. The standard InChI is InChI=1S/C15H11BrN4/c1-10-11(16)6-7-14(18-10)20-13-5-3-2-4-12(13)19-15(20)8-9-17/h2-7H,8H2,1H3. The normalized spacial score (nSPS) is 10.7. The Morgan fingerprint density at radius 3 is 2.75 bits per heavy atom. The van der Waals surface area contributed by atoms with Crippen molar-refractivity contribution in [2.75, 3.05) is 0 Å². The van der Waals surface area contributed by atoms with Gasteiger partial charge in [-0.25, -0.2) is 9.97 Å². The molecule has 0 atom stereocenters. The van der Waals surface area contributed by atoms with Gasteiger partial charge >= 0.3 is 0 Å². The SMILES string of the molecule is Cc1nc(-n2c(CC#N)nc3ccccc32)ccc1Br. The van der Waals surface area contributed by atoms with Gasteiger partial charge in [-0.05, 0) is 47.1 Å². The van der Waals surface area contributed by atoms with Crippen LogP contribution in [0.4, 0.5) is 0 Å². The van der Waals surface area contributed by atoms with E-state index in [1.54, 1.807) is 0 Å². The highest BCUT2D eigenvalue weighted by Gasteiger charge is 2.13. The smallest absolute Gasteiger partial charge is 0.138 e. The molecule has 0 saturated heterocycles. The van der Waals surface area contributed by atoms with Crippen LogP contribution in [0.25, 0.3) is 16.9 Å². The van der Waals surface area contributed by atoms with Gasteiger partial charge in [0.25, 0.3) is 0 Å². The van der Waals surface area contributed by atoms with Gasteiger partial charge in [0.15, 0.2) is 0 Å². The number of rotatable bonds is 2. The first-order valence-electron chi connectivity index (χ1n) is 6.17. The Morgan fingerprint density at radius 2 is 2.00 bits per heavy atom. The zero-order chi connectivity index (χ0) is 14.1. The third-order valence-electron chi connectivity index (χ3n) is 3.10. The largest absolute Gasteiger partial charge is 0.279 e. The summed E-state index contributed by atoms with van der Waals surface area (Å²) < 4.78 is 2.91. The van der Waals surface area contributed by atoms with Crippen molar-refractivity contribution in [2.24, 2.45) is 0 Å². The summed E-state index contributed by atoms with van der Waals surface area (Å²) in [5.41, 5.74) is 2.75. The molecular formula is C15H11BrN4. The predicted octanol–water partition coefficient (Wildman–Crippen LogP) is 3.56. The molecule has 0 radical (unpaired) electrons. The molecule has 0 bridgehead atoms. The number of halogens is 1. The van der Waals surface area contributed by atoms with E-state index in [9.17, 15) is 0 Å². The molecule has 0 amide bonds. The fraction of sp³-hybridized carbons (Fsp3) is 0.133. The number of nitrogens with zero attached hydrogens (tertiary/aromatic N) is 4. The number of hydrogen-bond donors (Lipinski definition) is 0. The van der Waals surface area contributed by atoms with Gasteiger partial charge in [-0.3, -0.25) is 4.57 Å². The molecule has 0 aliphatic rings. The molecule has 0 N–H and O–H groups in total. The van der Waals surface area contributed by atoms with Gasteiger partial charge in [0, 0.05) is 4.47 Å². The molecule has 5 heteroatoms. The van der Waals surface area contributed by atoms with Gasteiger partial charge < -0.3 is 0 Å². The van der Waals surface area contributed by atoms with Crippen LogP contribution in [0, 0.1) is 18.3 Å². The number of benzene rings is 1. The van der Waals surface area contributed by atoms with E-state index >= 15 is 0 Å². The van der Waals surface area contributed by atoms with Crippen molar-refractivity contribution in [3.8, 4) is 11.9 Å². The van der Waals surface area contributed by atoms with Gasteiger partial charge in [0.1, 0.15) is 11.6 Å². The monoisotopic (exact) mass is 326 g/mol. The van der Waals surface area contributed by atoms with Crippen molar-refractivity contribution in [1.29, 1.82) is 5.26 Å².